The SMILES string of the molecule is Cc1cccc(N=Nc2cc(O)c(N=Nc3c(C)cc4cc(Nc5ccccc5)ccc4c3O)cc2C)c1.[Cu]. The molecule has 0 fully saturated rings. The molecule has 0 spiro atoms. The molecule has 0 unspecified atom stereocenters. The molecule has 0 aliphatic carbocycles. The van der Waals surface area contributed by atoms with Gasteiger partial charge in [-0.05, 0) is 97.4 Å². The number of para-hydroxylation sites is 1. The minimum absolute atomic E-state index is 0. The van der Waals surface area contributed by atoms with Crippen LogP contribution >= 0.6 is 0 Å². The van der Waals surface area contributed by atoms with Gasteiger partial charge in [0, 0.05) is 39.9 Å². The Labute approximate surface area is 237 Å². The van der Waals surface area contributed by atoms with Gasteiger partial charge in [0.2, 0.25) is 0 Å². The maximum atomic E-state index is 11.0. The summed E-state index contributed by atoms with van der Waals surface area (Å²) >= 11 is 0. The third-order valence-corrected chi connectivity index (χ3v) is 6.16. The number of nitrogens with zero attached hydrogens (tertiary/aromatic N) is 4. The van der Waals surface area contributed by atoms with Crippen LogP contribution in [-0.2, 0) is 17.1 Å². The van der Waals surface area contributed by atoms with Crippen molar-refractivity contribution in [2.75, 3.05) is 5.32 Å². The fourth-order valence-corrected chi connectivity index (χ4v) is 4.17. The van der Waals surface area contributed by atoms with Crippen LogP contribution in [0.5, 0.6) is 11.5 Å². The van der Waals surface area contributed by atoms with E-state index in [0.717, 1.165) is 39.1 Å². The van der Waals surface area contributed by atoms with Crippen LogP contribution in [0.4, 0.5) is 34.1 Å². The van der Waals surface area contributed by atoms with Gasteiger partial charge >= 0.3 is 0 Å². The summed E-state index contributed by atoms with van der Waals surface area (Å²) in [6, 6.07) is 28.5. The topological polar surface area (TPSA) is 102 Å². The minimum Gasteiger partial charge on any atom is -0.506 e. The van der Waals surface area contributed by atoms with Crippen molar-refractivity contribution < 1.29 is 27.3 Å². The van der Waals surface area contributed by atoms with Crippen LogP contribution in [0.2, 0.25) is 0 Å². The molecule has 0 heterocycles. The van der Waals surface area contributed by atoms with Crippen molar-refractivity contribution in [3.63, 3.8) is 0 Å². The first-order chi connectivity index (χ1) is 18.4. The number of fused-ring (bicyclic) bond motifs is 1. The molecule has 0 atom stereocenters. The Hall–Kier alpha value is -4.52. The van der Waals surface area contributed by atoms with Crippen molar-refractivity contribution in [3.05, 3.63) is 108 Å². The van der Waals surface area contributed by atoms with Gasteiger partial charge in [-0.15, -0.1) is 10.2 Å². The van der Waals surface area contributed by atoms with Crippen LogP contribution in [0, 0.1) is 20.8 Å². The van der Waals surface area contributed by atoms with Gasteiger partial charge in [-0.2, -0.15) is 10.2 Å². The summed E-state index contributed by atoms with van der Waals surface area (Å²) in [5.74, 6) is -0.0399. The molecule has 0 aliphatic heterocycles. The number of phenols is 2. The van der Waals surface area contributed by atoms with Gasteiger partial charge in [-0.3, -0.25) is 0 Å². The minimum atomic E-state index is -0.0768. The first-order valence-corrected chi connectivity index (χ1v) is 12.2. The maximum Gasteiger partial charge on any atom is 0.151 e. The van der Waals surface area contributed by atoms with E-state index >= 15 is 0 Å². The Morgan fingerprint density at radius 1 is 0.615 bits per heavy atom. The van der Waals surface area contributed by atoms with E-state index in [1.807, 2.05) is 99.6 Å². The molecule has 7 nitrogen and oxygen atoms in total. The number of benzene rings is 5. The molecule has 8 heteroatoms. The van der Waals surface area contributed by atoms with E-state index in [1.54, 1.807) is 6.07 Å². The van der Waals surface area contributed by atoms with Crippen LogP contribution < -0.4 is 5.32 Å². The molecule has 5 rings (SSSR count). The number of azo groups is 2. The van der Waals surface area contributed by atoms with Crippen molar-refractivity contribution >= 4 is 44.9 Å². The van der Waals surface area contributed by atoms with Crippen LogP contribution in [0.3, 0.4) is 0 Å². The summed E-state index contributed by atoms with van der Waals surface area (Å²) in [6.45, 7) is 5.72. The summed E-state index contributed by atoms with van der Waals surface area (Å²) in [7, 11) is 0. The first-order valence-electron chi connectivity index (χ1n) is 12.2. The average molecular weight is 565 g/mol. The molecule has 39 heavy (non-hydrogen) atoms. The zero-order chi connectivity index (χ0) is 26.6. The number of hydrogen-bond donors (Lipinski definition) is 3. The molecular formula is C31H27CuN5O2. The molecule has 1 radical (unpaired) electrons. The molecule has 5 aromatic rings. The van der Waals surface area contributed by atoms with E-state index in [1.165, 1.54) is 6.07 Å². The quantitative estimate of drug-likeness (QED) is 0.141. The van der Waals surface area contributed by atoms with Gasteiger partial charge < -0.3 is 15.5 Å². The third-order valence-electron chi connectivity index (χ3n) is 6.16. The zero-order valence-corrected chi connectivity index (χ0v) is 22.6. The van der Waals surface area contributed by atoms with Gasteiger partial charge in [0.05, 0.1) is 11.4 Å². The fourth-order valence-electron chi connectivity index (χ4n) is 4.17. The number of aromatic hydroxyl groups is 2. The Balaban J connectivity index is 0.00000353. The largest absolute Gasteiger partial charge is 0.506 e. The second-order valence-corrected chi connectivity index (χ2v) is 9.18. The maximum absolute atomic E-state index is 11.0. The normalized spacial score (nSPS) is 11.3. The number of hydrogen-bond acceptors (Lipinski definition) is 7. The second-order valence-electron chi connectivity index (χ2n) is 9.18. The summed E-state index contributed by atoms with van der Waals surface area (Å²) < 4.78 is 0. The predicted octanol–water partition coefficient (Wildman–Crippen LogP) is 9.75. The Morgan fingerprint density at radius 3 is 2.15 bits per heavy atom. The number of anilines is 2. The monoisotopic (exact) mass is 564 g/mol. The zero-order valence-electron chi connectivity index (χ0n) is 21.6. The summed E-state index contributed by atoms with van der Waals surface area (Å²) in [4.78, 5) is 0. The van der Waals surface area contributed by atoms with Crippen molar-refractivity contribution in [3.8, 4) is 11.5 Å². The number of rotatable bonds is 6. The van der Waals surface area contributed by atoms with Gasteiger partial charge in [0.25, 0.3) is 0 Å². The Kier molecular flexibility index (Phi) is 8.39. The summed E-state index contributed by atoms with van der Waals surface area (Å²) in [6.07, 6.45) is 0. The van der Waals surface area contributed by atoms with Crippen LogP contribution in [0.25, 0.3) is 10.8 Å². The van der Waals surface area contributed by atoms with Crippen molar-refractivity contribution in [2.45, 2.75) is 20.8 Å². The molecule has 3 N–H and O–H groups in total. The third kappa shape index (κ3) is 6.32. The second kappa shape index (κ2) is 11.9. The van der Waals surface area contributed by atoms with E-state index in [9.17, 15) is 10.2 Å². The molecular weight excluding hydrogens is 538 g/mol. The molecule has 5 aromatic carbocycles. The molecule has 199 valence electrons. The number of aryl methyl sites for hydroxylation is 3. The van der Waals surface area contributed by atoms with Gasteiger partial charge in [-0.1, -0.05) is 30.3 Å². The van der Waals surface area contributed by atoms with Crippen molar-refractivity contribution in [2.24, 2.45) is 20.5 Å². The number of nitrogens with one attached hydrogen (secondary N) is 1. The summed E-state index contributed by atoms with van der Waals surface area (Å²) in [5, 5.41) is 43.6. The molecule has 0 amide bonds. The average Bonchev–Trinajstić information content (AvgIpc) is 2.90. The molecule has 0 saturated carbocycles. The van der Waals surface area contributed by atoms with E-state index in [4.69, 9.17) is 0 Å². The Bertz CT molecular complexity index is 1700. The van der Waals surface area contributed by atoms with E-state index in [0.29, 0.717) is 16.8 Å². The molecule has 0 aromatic heterocycles. The standard InChI is InChI=1S/C31H27N5O2.Cu/c1-19-8-7-11-25(14-19)33-34-27-18-29(37)28(16-20(27)2)35-36-30-21(3)15-22-17-24(12-13-26(22)31(30)38)32-23-9-5-4-6-10-23;/h4-18,32,37-38H,1-3H3;. The van der Waals surface area contributed by atoms with Crippen LogP contribution in [-0.4, -0.2) is 10.2 Å². The van der Waals surface area contributed by atoms with E-state index < -0.39 is 0 Å². The van der Waals surface area contributed by atoms with Crippen LogP contribution in [0.15, 0.2) is 111 Å². The van der Waals surface area contributed by atoms with Gasteiger partial charge in [-0.25, -0.2) is 0 Å². The van der Waals surface area contributed by atoms with E-state index in [-0.39, 0.29) is 34.3 Å². The van der Waals surface area contributed by atoms with E-state index in [2.05, 4.69) is 25.8 Å². The molecule has 0 bridgehead atoms. The Morgan fingerprint density at radius 2 is 1.38 bits per heavy atom. The first kappa shape index (κ1) is 27.5. The van der Waals surface area contributed by atoms with Crippen LogP contribution in [0.1, 0.15) is 16.7 Å². The molecule has 0 aliphatic rings. The van der Waals surface area contributed by atoms with Gasteiger partial charge in [0.15, 0.2) is 5.75 Å². The smallest absolute Gasteiger partial charge is 0.151 e. The molecule has 0 saturated heterocycles. The fraction of sp³-hybridized carbons (Fsp3) is 0.0968. The van der Waals surface area contributed by atoms with Gasteiger partial charge in [0.1, 0.15) is 17.1 Å². The van der Waals surface area contributed by atoms with Crippen molar-refractivity contribution in [1.82, 2.24) is 0 Å². The number of phenolic OH excluding ortho intramolecular Hbond substituents is 2. The predicted molar refractivity (Wildman–Crippen MR) is 152 cm³/mol. The van der Waals surface area contributed by atoms with Crippen molar-refractivity contribution in [1.29, 1.82) is 0 Å². The summed E-state index contributed by atoms with van der Waals surface area (Å²) in [5.41, 5.74) is 6.42.